The maximum atomic E-state index is 13.5. The van der Waals surface area contributed by atoms with Crippen LogP contribution in [-0.4, -0.2) is 25.9 Å². The monoisotopic (exact) mass is 415 g/mol. The predicted molar refractivity (Wildman–Crippen MR) is 121 cm³/mol. The van der Waals surface area contributed by atoms with Crippen molar-refractivity contribution >= 4 is 34.4 Å². The molecule has 0 aromatic heterocycles. The van der Waals surface area contributed by atoms with Crippen LogP contribution in [-0.2, 0) is 9.59 Å². The minimum atomic E-state index is -0.456. The lowest BCUT2D eigenvalue weighted by atomic mass is 10.0. The molecule has 0 bridgehead atoms. The predicted octanol–water partition coefficient (Wildman–Crippen LogP) is 4.60. The Morgan fingerprint density at radius 3 is 2.00 bits per heavy atom. The molecule has 0 saturated heterocycles. The second-order valence-electron chi connectivity index (χ2n) is 7.60. The standard InChI is InChI=1S/C25H22FN3O2/c1-16-4-10-19(11-5-16)27-23-22(17-6-8-18(26)9-7-17)24(30)29(25(23)31)21-14-12-20(13-15-21)28(2)3/h4-15,27H,1-3H3. The van der Waals surface area contributed by atoms with Crippen LogP contribution in [0, 0.1) is 12.7 Å². The zero-order chi connectivity index (χ0) is 22.1. The lowest BCUT2D eigenvalue weighted by Crippen LogP contribution is -2.32. The quantitative estimate of drug-likeness (QED) is 0.619. The van der Waals surface area contributed by atoms with Crippen LogP contribution in [0.3, 0.4) is 0 Å². The van der Waals surface area contributed by atoms with Crippen LogP contribution in [0.1, 0.15) is 11.1 Å². The van der Waals surface area contributed by atoms with Gasteiger partial charge in [-0.1, -0.05) is 29.8 Å². The molecule has 0 atom stereocenters. The van der Waals surface area contributed by atoms with Gasteiger partial charge in [-0.2, -0.15) is 0 Å². The molecule has 2 amide bonds. The molecule has 0 unspecified atom stereocenters. The zero-order valence-electron chi connectivity index (χ0n) is 17.5. The number of rotatable bonds is 5. The van der Waals surface area contributed by atoms with E-state index >= 15 is 0 Å². The molecule has 31 heavy (non-hydrogen) atoms. The lowest BCUT2D eigenvalue weighted by Gasteiger charge is -2.18. The summed E-state index contributed by atoms with van der Waals surface area (Å²) in [5.74, 6) is -1.32. The maximum absolute atomic E-state index is 13.5. The third-order valence-corrected chi connectivity index (χ3v) is 5.16. The fraction of sp³-hybridized carbons (Fsp3) is 0.120. The smallest absolute Gasteiger partial charge is 0.282 e. The minimum Gasteiger partial charge on any atom is -0.378 e. The van der Waals surface area contributed by atoms with Crippen molar-refractivity contribution in [1.29, 1.82) is 0 Å². The Kier molecular flexibility index (Phi) is 5.29. The van der Waals surface area contributed by atoms with Crippen molar-refractivity contribution in [2.24, 2.45) is 0 Å². The fourth-order valence-corrected chi connectivity index (χ4v) is 3.45. The van der Waals surface area contributed by atoms with Gasteiger partial charge in [-0.15, -0.1) is 0 Å². The number of carbonyl (C=O) groups excluding carboxylic acids is 2. The highest BCUT2D eigenvalue weighted by atomic mass is 19.1. The van der Waals surface area contributed by atoms with Crippen LogP contribution in [0.5, 0.6) is 0 Å². The number of amides is 2. The third kappa shape index (κ3) is 3.92. The molecule has 3 aromatic rings. The Morgan fingerprint density at radius 1 is 0.806 bits per heavy atom. The molecule has 1 aliphatic heterocycles. The number of aryl methyl sites for hydroxylation is 1. The molecule has 0 saturated carbocycles. The highest BCUT2D eigenvalue weighted by Crippen LogP contribution is 2.34. The Balaban J connectivity index is 1.77. The van der Waals surface area contributed by atoms with Gasteiger partial charge in [0.1, 0.15) is 11.5 Å². The van der Waals surface area contributed by atoms with E-state index in [4.69, 9.17) is 0 Å². The SMILES string of the molecule is Cc1ccc(NC2=C(c3ccc(F)cc3)C(=O)N(c3ccc(N(C)C)cc3)C2=O)cc1. The van der Waals surface area contributed by atoms with E-state index in [1.807, 2.05) is 62.3 Å². The van der Waals surface area contributed by atoms with E-state index in [2.05, 4.69) is 5.32 Å². The molecular weight excluding hydrogens is 393 g/mol. The molecule has 0 aliphatic carbocycles. The number of benzene rings is 3. The Labute approximate surface area is 180 Å². The van der Waals surface area contributed by atoms with Gasteiger partial charge in [0.05, 0.1) is 11.3 Å². The molecule has 156 valence electrons. The van der Waals surface area contributed by atoms with Crippen LogP contribution in [0.25, 0.3) is 5.57 Å². The van der Waals surface area contributed by atoms with Gasteiger partial charge in [-0.3, -0.25) is 9.59 Å². The fourth-order valence-electron chi connectivity index (χ4n) is 3.45. The third-order valence-electron chi connectivity index (χ3n) is 5.16. The number of imide groups is 1. The van der Waals surface area contributed by atoms with Crippen molar-refractivity contribution in [3.63, 3.8) is 0 Å². The minimum absolute atomic E-state index is 0.164. The van der Waals surface area contributed by atoms with Crippen LogP contribution in [0.4, 0.5) is 21.5 Å². The summed E-state index contributed by atoms with van der Waals surface area (Å²) >= 11 is 0. The topological polar surface area (TPSA) is 52.7 Å². The van der Waals surface area contributed by atoms with Crippen LogP contribution in [0.15, 0.2) is 78.5 Å². The maximum Gasteiger partial charge on any atom is 0.282 e. The molecule has 0 spiro atoms. The van der Waals surface area contributed by atoms with Gasteiger partial charge >= 0.3 is 0 Å². The van der Waals surface area contributed by atoms with Crippen molar-refractivity contribution in [2.45, 2.75) is 6.92 Å². The van der Waals surface area contributed by atoms with Crippen LogP contribution >= 0.6 is 0 Å². The summed E-state index contributed by atoms with van der Waals surface area (Å²) in [7, 11) is 3.83. The summed E-state index contributed by atoms with van der Waals surface area (Å²) in [4.78, 5) is 29.8. The Hall–Kier alpha value is -3.93. The molecular formula is C25H22FN3O2. The number of nitrogens with zero attached hydrogens (tertiary/aromatic N) is 2. The van der Waals surface area contributed by atoms with Crippen LogP contribution in [0.2, 0.25) is 0 Å². The summed E-state index contributed by atoms with van der Waals surface area (Å²) in [6.45, 7) is 1.97. The highest BCUT2D eigenvalue weighted by Gasteiger charge is 2.40. The van der Waals surface area contributed by atoms with E-state index < -0.39 is 17.6 Å². The van der Waals surface area contributed by atoms with E-state index in [-0.39, 0.29) is 11.3 Å². The lowest BCUT2D eigenvalue weighted by molar-refractivity contribution is -0.120. The molecule has 3 aromatic carbocycles. The summed E-state index contributed by atoms with van der Waals surface area (Å²) in [6, 6.07) is 20.3. The summed E-state index contributed by atoms with van der Waals surface area (Å²) in [5, 5.41) is 3.11. The number of carbonyl (C=O) groups is 2. The normalized spacial score (nSPS) is 13.7. The summed E-state index contributed by atoms with van der Waals surface area (Å²) in [5.41, 5.74) is 4.04. The van der Waals surface area contributed by atoms with Gasteiger partial charge in [0.15, 0.2) is 0 Å². The van der Waals surface area contributed by atoms with Gasteiger partial charge in [0.25, 0.3) is 11.8 Å². The molecule has 4 rings (SSSR count). The van der Waals surface area contributed by atoms with E-state index in [1.165, 1.54) is 24.3 Å². The van der Waals surface area contributed by atoms with Crippen molar-refractivity contribution in [2.75, 3.05) is 29.2 Å². The largest absolute Gasteiger partial charge is 0.378 e. The molecule has 0 radical (unpaired) electrons. The number of nitrogens with one attached hydrogen (secondary N) is 1. The summed E-state index contributed by atoms with van der Waals surface area (Å²) < 4.78 is 13.5. The first kappa shape index (κ1) is 20.3. The average Bonchev–Trinajstić information content (AvgIpc) is 3.00. The van der Waals surface area contributed by atoms with Gasteiger partial charge in [0, 0.05) is 25.5 Å². The first-order valence-electron chi connectivity index (χ1n) is 9.85. The van der Waals surface area contributed by atoms with Crippen molar-refractivity contribution in [3.05, 3.63) is 95.4 Å². The van der Waals surface area contributed by atoms with Gasteiger partial charge in [-0.05, 0) is 61.0 Å². The molecule has 0 fully saturated rings. The van der Waals surface area contributed by atoms with Crippen molar-refractivity contribution < 1.29 is 14.0 Å². The molecule has 1 heterocycles. The first-order chi connectivity index (χ1) is 14.8. The first-order valence-corrected chi connectivity index (χ1v) is 9.85. The van der Waals surface area contributed by atoms with Crippen molar-refractivity contribution in [3.8, 4) is 0 Å². The van der Waals surface area contributed by atoms with Gasteiger partial charge < -0.3 is 10.2 Å². The summed E-state index contributed by atoms with van der Waals surface area (Å²) in [6.07, 6.45) is 0. The average molecular weight is 415 g/mol. The molecule has 5 nitrogen and oxygen atoms in total. The number of hydrogen-bond donors (Lipinski definition) is 1. The van der Waals surface area contributed by atoms with Gasteiger partial charge in [-0.25, -0.2) is 9.29 Å². The van der Waals surface area contributed by atoms with E-state index in [0.717, 1.165) is 16.2 Å². The van der Waals surface area contributed by atoms with E-state index in [0.29, 0.717) is 16.9 Å². The highest BCUT2D eigenvalue weighted by molar-refractivity contribution is 6.46. The molecule has 1 aliphatic rings. The molecule has 1 N–H and O–H groups in total. The number of halogens is 1. The van der Waals surface area contributed by atoms with Crippen molar-refractivity contribution in [1.82, 2.24) is 0 Å². The second-order valence-corrected chi connectivity index (χ2v) is 7.60. The second kappa shape index (κ2) is 8.07. The van der Waals surface area contributed by atoms with E-state index in [1.54, 1.807) is 12.1 Å². The molecule has 6 heteroatoms. The van der Waals surface area contributed by atoms with Crippen LogP contribution < -0.4 is 15.1 Å². The Morgan fingerprint density at radius 2 is 1.42 bits per heavy atom. The van der Waals surface area contributed by atoms with E-state index in [9.17, 15) is 14.0 Å². The van der Waals surface area contributed by atoms with Gasteiger partial charge in [0.2, 0.25) is 0 Å². The number of anilines is 3. The zero-order valence-corrected chi connectivity index (χ0v) is 17.5. The Bertz CT molecular complexity index is 1160. The number of hydrogen-bond acceptors (Lipinski definition) is 4.